The predicted octanol–water partition coefficient (Wildman–Crippen LogP) is 2.47. The van der Waals surface area contributed by atoms with Gasteiger partial charge in [0.15, 0.2) is 0 Å². The number of sulfonamides is 1. The predicted molar refractivity (Wildman–Crippen MR) is 84.3 cm³/mol. The van der Waals surface area contributed by atoms with Crippen LogP contribution in [0.4, 0.5) is 0 Å². The maximum atomic E-state index is 12.8. The molecule has 1 aromatic rings. The molecule has 1 heterocycles. The van der Waals surface area contributed by atoms with Crippen LogP contribution in [-0.4, -0.2) is 50.8 Å². The van der Waals surface area contributed by atoms with Gasteiger partial charge in [0.05, 0.1) is 4.90 Å². The first-order chi connectivity index (χ1) is 9.32. The van der Waals surface area contributed by atoms with Crippen molar-refractivity contribution in [3.8, 4) is 0 Å². The Balaban J connectivity index is 2.31. The molecule has 0 aliphatic carbocycles. The molecule has 2 rings (SSSR count). The summed E-state index contributed by atoms with van der Waals surface area (Å²) in [6.45, 7) is 3.30. The third kappa shape index (κ3) is 3.24. The van der Waals surface area contributed by atoms with Crippen molar-refractivity contribution in [3.05, 3.63) is 28.2 Å². The molecule has 1 saturated heterocycles. The summed E-state index contributed by atoms with van der Waals surface area (Å²) in [7, 11) is 0.571. The molecule has 20 heavy (non-hydrogen) atoms. The Hall–Kier alpha value is -0.430. The molecule has 1 atom stereocenters. The maximum Gasteiger partial charge on any atom is 0.243 e. The van der Waals surface area contributed by atoms with Crippen molar-refractivity contribution >= 4 is 26.0 Å². The Morgan fingerprint density at radius 3 is 2.70 bits per heavy atom. The second kappa shape index (κ2) is 6.13. The molecule has 0 amide bonds. The number of nitrogens with zero attached hydrogens (tertiary/aromatic N) is 2. The van der Waals surface area contributed by atoms with Crippen LogP contribution in [0.1, 0.15) is 18.4 Å². The summed E-state index contributed by atoms with van der Waals surface area (Å²) >= 11 is 3.41. The van der Waals surface area contributed by atoms with Gasteiger partial charge in [0, 0.05) is 23.6 Å². The zero-order valence-electron chi connectivity index (χ0n) is 12.1. The standard InChI is InChI=1S/C14H21BrN2O2S/c1-11-9-13(6-7-14(11)15)20(18,19)17-8-4-5-12(17)10-16(2)3/h6-7,9,12H,4-5,8,10H2,1-3H3. The van der Waals surface area contributed by atoms with Gasteiger partial charge in [0.25, 0.3) is 0 Å². The van der Waals surface area contributed by atoms with E-state index in [4.69, 9.17) is 0 Å². The van der Waals surface area contributed by atoms with Crippen LogP contribution in [-0.2, 0) is 10.0 Å². The van der Waals surface area contributed by atoms with Crippen LogP contribution in [0.2, 0.25) is 0 Å². The molecule has 0 spiro atoms. The second-order valence-electron chi connectivity index (χ2n) is 5.59. The number of rotatable bonds is 4. The van der Waals surface area contributed by atoms with Crippen molar-refractivity contribution in [1.29, 1.82) is 0 Å². The molecule has 0 saturated carbocycles. The van der Waals surface area contributed by atoms with Gasteiger partial charge >= 0.3 is 0 Å². The fourth-order valence-corrected chi connectivity index (χ4v) is 4.66. The second-order valence-corrected chi connectivity index (χ2v) is 8.33. The van der Waals surface area contributed by atoms with Crippen molar-refractivity contribution in [2.75, 3.05) is 27.2 Å². The van der Waals surface area contributed by atoms with Gasteiger partial charge in [-0.1, -0.05) is 15.9 Å². The highest BCUT2D eigenvalue weighted by molar-refractivity contribution is 9.10. The minimum atomic E-state index is -3.39. The Morgan fingerprint density at radius 1 is 1.40 bits per heavy atom. The van der Waals surface area contributed by atoms with E-state index in [1.807, 2.05) is 25.9 Å². The lowest BCUT2D eigenvalue weighted by atomic mass is 10.2. The van der Waals surface area contributed by atoms with Gasteiger partial charge in [0.2, 0.25) is 10.0 Å². The van der Waals surface area contributed by atoms with E-state index in [0.29, 0.717) is 11.4 Å². The molecular weight excluding hydrogens is 340 g/mol. The quantitative estimate of drug-likeness (QED) is 0.827. The Labute approximate surface area is 129 Å². The van der Waals surface area contributed by atoms with Crippen molar-refractivity contribution in [2.24, 2.45) is 0 Å². The fraction of sp³-hybridized carbons (Fsp3) is 0.571. The van der Waals surface area contributed by atoms with Crippen molar-refractivity contribution < 1.29 is 8.42 Å². The van der Waals surface area contributed by atoms with E-state index in [1.54, 1.807) is 22.5 Å². The molecule has 1 aromatic carbocycles. The molecule has 1 aliphatic rings. The SMILES string of the molecule is Cc1cc(S(=O)(=O)N2CCCC2CN(C)C)ccc1Br. The van der Waals surface area contributed by atoms with Gasteiger partial charge in [-0.25, -0.2) is 8.42 Å². The lowest BCUT2D eigenvalue weighted by Crippen LogP contribution is -2.41. The van der Waals surface area contributed by atoms with E-state index in [1.165, 1.54) is 0 Å². The van der Waals surface area contributed by atoms with Crippen molar-refractivity contribution in [2.45, 2.75) is 30.7 Å². The first-order valence-electron chi connectivity index (χ1n) is 6.75. The molecule has 6 heteroatoms. The smallest absolute Gasteiger partial charge is 0.243 e. The summed E-state index contributed by atoms with van der Waals surface area (Å²) < 4.78 is 28.2. The number of likely N-dealkylation sites (N-methyl/N-ethyl adjacent to an activating group) is 1. The summed E-state index contributed by atoms with van der Waals surface area (Å²) in [5.41, 5.74) is 0.939. The molecule has 0 aromatic heterocycles. The van der Waals surface area contributed by atoms with Gasteiger partial charge in [-0.15, -0.1) is 0 Å². The number of hydrogen-bond donors (Lipinski definition) is 0. The molecule has 1 unspecified atom stereocenters. The topological polar surface area (TPSA) is 40.6 Å². The number of aryl methyl sites for hydroxylation is 1. The van der Waals surface area contributed by atoms with Gasteiger partial charge in [0.1, 0.15) is 0 Å². The minimum Gasteiger partial charge on any atom is -0.308 e. The summed E-state index contributed by atoms with van der Waals surface area (Å²) in [5, 5.41) is 0. The molecular formula is C14H21BrN2O2S. The van der Waals surface area contributed by atoms with Crippen LogP contribution in [0, 0.1) is 6.92 Å². The van der Waals surface area contributed by atoms with E-state index in [2.05, 4.69) is 15.9 Å². The zero-order chi connectivity index (χ0) is 14.9. The van der Waals surface area contributed by atoms with Gasteiger partial charge < -0.3 is 4.90 Å². The van der Waals surface area contributed by atoms with Crippen LogP contribution < -0.4 is 0 Å². The van der Waals surface area contributed by atoms with Crippen LogP contribution in [0.25, 0.3) is 0 Å². The van der Waals surface area contributed by atoms with E-state index in [0.717, 1.165) is 29.4 Å². The average molecular weight is 361 g/mol. The number of benzene rings is 1. The molecule has 0 radical (unpaired) electrons. The molecule has 0 bridgehead atoms. The molecule has 4 nitrogen and oxygen atoms in total. The van der Waals surface area contributed by atoms with E-state index in [-0.39, 0.29) is 6.04 Å². The minimum absolute atomic E-state index is 0.0824. The highest BCUT2D eigenvalue weighted by Gasteiger charge is 2.35. The number of hydrogen-bond acceptors (Lipinski definition) is 3. The Kier molecular flexibility index (Phi) is 4.89. The highest BCUT2D eigenvalue weighted by atomic mass is 79.9. The highest BCUT2D eigenvalue weighted by Crippen LogP contribution is 2.28. The van der Waals surface area contributed by atoms with Crippen LogP contribution >= 0.6 is 15.9 Å². The van der Waals surface area contributed by atoms with E-state index < -0.39 is 10.0 Å². The van der Waals surface area contributed by atoms with E-state index in [9.17, 15) is 8.42 Å². The lowest BCUT2D eigenvalue weighted by molar-refractivity contribution is 0.291. The Morgan fingerprint density at radius 2 is 2.10 bits per heavy atom. The monoisotopic (exact) mass is 360 g/mol. The van der Waals surface area contributed by atoms with Gasteiger partial charge in [-0.3, -0.25) is 0 Å². The van der Waals surface area contributed by atoms with E-state index >= 15 is 0 Å². The van der Waals surface area contributed by atoms with Gasteiger partial charge in [-0.05, 0) is 57.6 Å². The normalized spacial score (nSPS) is 20.8. The van der Waals surface area contributed by atoms with Crippen LogP contribution in [0.5, 0.6) is 0 Å². The summed E-state index contributed by atoms with van der Waals surface area (Å²) in [6, 6.07) is 5.31. The lowest BCUT2D eigenvalue weighted by Gasteiger charge is -2.26. The summed E-state index contributed by atoms with van der Waals surface area (Å²) in [6.07, 6.45) is 1.88. The fourth-order valence-electron chi connectivity index (χ4n) is 2.64. The first kappa shape index (κ1) is 15.9. The largest absolute Gasteiger partial charge is 0.308 e. The number of halogens is 1. The van der Waals surface area contributed by atoms with Gasteiger partial charge in [-0.2, -0.15) is 4.31 Å². The maximum absolute atomic E-state index is 12.8. The molecule has 112 valence electrons. The average Bonchev–Trinajstić information content (AvgIpc) is 2.80. The molecule has 1 fully saturated rings. The van der Waals surface area contributed by atoms with Crippen LogP contribution in [0.3, 0.4) is 0 Å². The van der Waals surface area contributed by atoms with Crippen molar-refractivity contribution in [3.63, 3.8) is 0 Å². The zero-order valence-corrected chi connectivity index (χ0v) is 14.5. The summed E-state index contributed by atoms with van der Waals surface area (Å²) in [5.74, 6) is 0. The summed E-state index contributed by atoms with van der Waals surface area (Å²) in [4.78, 5) is 2.44. The van der Waals surface area contributed by atoms with Crippen LogP contribution in [0.15, 0.2) is 27.6 Å². The molecule has 1 aliphatic heterocycles. The third-order valence-corrected chi connectivity index (χ3v) is 6.47. The first-order valence-corrected chi connectivity index (χ1v) is 8.98. The third-order valence-electron chi connectivity index (χ3n) is 3.64. The van der Waals surface area contributed by atoms with Crippen molar-refractivity contribution in [1.82, 2.24) is 9.21 Å². The molecule has 0 N–H and O–H groups in total. The Bertz CT molecular complexity index is 587.